The molecule has 2 aromatic rings. The van der Waals surface area contributed by atoms with E-state index in [9.17, 15) is 8.42 Å². The zero-order chi connectivity index (χ0) is 18.8. The number of sulfone groups is 1. The van der Waals surface area contributed by atoms with Gasteiger partial charge in [-0.05, 0) is 67.3 Å². The number of hydrogen-bond acceptors (Lipinski definition) is 4. The van der Waals surface area contributed by atoms with Crippen LogP contribution < -0.4 is 0 Å². The van der Waals surface area contributed by atoms with Crippen LogP contribution in [0.5, 0.6) is 0 Å². The van der Waals surface area contributed by atoms with Crippen LogP contribution in [0.4, 0.5) is 0 Å². The van der Waals surface area contributed by atoms with Gasteiger partial charge in [0.15, 0.2) is 0 Å². The molecular weight excluding hydrogens is 604 g/mol. The first kappa shape index (κ1) is 20.6. The first-order valence-electron chi connectivity index (χ1n) is 6.67. The van der Waals surface area contributed by atoms with Crippen molar-refractivity contribution in [3.63, 3.8) is 0 Å². The average Bonchev–Trinajstić information content (AvgIpc) is 2.45. The molecule has 0 aliphatic heterocycles. The lowest BCUT2D eigenvalue weighted by molar-refractivity contribution is 0.593. The summed E-state index contributed by atoms with van der Waals surface area (Å²) in [6, 6.07) is 10.4. The van der Waals surface area contributed by atoms with E-state index in [0.29, 0.717) is 29.0 Å². The molecule has 4 nitrogen and oxygen atoms in total. The molecule has 9 heteroatoms. The highest BCUT2D eigenvalue weighted by Crippen LogP contribution is 2.39. The van der Waals surface area contributed by atoms with Gasteiger partial charge in [0.05, 0.1) is 34.8 Å². The normalized spacial score (nSPS) is 11.0. The molecular formula is C16H8Br4N2O2S. The molecule has 0 aliphatic rings. The summed E-state index contributed by atoms with van der Waals surface area (Å²) in [5, 5.41) is 18.1. The molecule has 0 atom stereocenters. The van der Waals surface area contributed by atoms with Crippen molar-refractivity contribution in [3.05, 3.63) is 53.3 Å². The lowest BCUT2D eigenvalue weighted by Crippen LogP contribution is -2.10. The van der Waals surface area contributed by atoms with Gasteiger partial charge in [0.1, 0.15) is 0 Å². The summed E-state index contributed by atoms with van der Waals surface area (Å²) in [6.45, 7) is 0. The van der Waals surface area contributed by atoms with Crippen molar-refractivity contribution in [1.82, 2.24) is 0 Å². The molecule has 0 aliphatic carbocycles. The Hall–Kier alpha value is -0.710. The second kappa shape index (κ2) is 8.32. The number of halogens is 4. The van der Waals surface area contributed by atoms with Crippen LogP contribution in [-0.2, 0) is 22.7 Å². The van der Waals surface area contributed by atoms with E-state index in [4.69, 9.17) is 10.5 Å². The number of hydrogen-bond donors (Lipinski definition) is 0. The quantitative estimate of drug-likeness (QED) is 0.444. The molecule has 2 rings (SSSR count). The van der Waals surface area contributed by atoms with Gasteiger partial charge in [0.2, 0.25) is 9.84 Å². The minimum Gasteiger partial charge on any atom is -0.218 e. The highest BCUT2D eigenvalue weighted by atomic mass is 79.9. The van der Waals surface area contributed by atoms with Gasteiger partial charge in [-0.3, -0.25) is 0 Å². The third-order valence-corrected chi connectivity index (χ3v) is 7.98. The third-order valence-electron chi connectivity index (χ3n) is 3.25. The molecule has 0 saturated carbocycles. The Morgan fingerprint density at radius 2 is 1.12 bits per heavy atom. The molecule has 0 saturated heterocycles. The largest absolute Gasteiger partial charge is 0.218 e. The Labute approximate surface area is 179 Å². The van der Waals surface area contributed by atoms with Gasteiger partial charge in [-0.15, -0.1) is 0 Å². The highest BCUT2D eigenvalue weighted by molar-refractivity contribution is 9.11. The molecule has 0 amide bonds. The molecule has 0 fully saturated rings. The summed E-state index contributed by atoms with van der Waals surface area (Å²) in [6.07, 6.45) is -0.122. The second-order valence-corrected chi connectivity index (χ2v) is 10.3. The van der Waals surface area contributed by atoms with Crippen LogP contribution in [0.3, 0.4) is 0 Å². The maximum absolute atomic E-state index is 13.4. The van der Waals surface area contributed by atoms with Crippen molar-refractivity contribution in [2.75, 3.05) is 0 Å². The van der Waals surface area contributed by atoms with Gasteiger partial charge in [0, 0.05) is 17.9 Å². The van der Waals surface area contributed by atoms with Gasteiger partial charge in [-0.1, -0.05) is 31.9 Å². The van der Waals surface area contributed by atoms with Crippen molar-refractivity contribution in [3.8, 4) is 12.1 Å². The molecule has 2 aromatic carbocycles. The van der Waals surface area contributed by atoms with Crippen LogP contribution in [0.1, 0.15) is 11.1 Å². The summed E-state index contributed by atoms with van der Waals surface area (Å²) >= 11 is 13.2. The van der Waals surface area contributed by atoms with E-state index in [1.165, 1.54) is 0 Å². The minimum absolute atomic E-state index is 0.0273. The minimum atomic E-state index is -3.98. The summed E-state index contributed by atoms with van der Waals surface area (Å²) < 4.78 is 28.8. The van der Waals surface area contributed by atoms with E-state index in [1.807, 2.05) is 12.1 Å². The topological polar surface area (TPSA) is 81.7 Å². The van der Waals surface area contributed by atoms with Crippen LogP contribution in [0, 0.1) is 22.7 Å². The van der Waals surface area contributed by atoms with Crippen molar-refractivity contribution in [2.45, 2.75) is 22.6 Å². The van der Waals surface area contributed by atoms with Crippen molar-refractivity contribution in [1.29, 1.82) is 10.5 Å². The number of rotatable bonds is 4. The molecule has 0 N–H and O–H groups in total. The Bertz CT molecular complexity index is 960. The standard InChI is InChI=1S/C16H8Br4N2O2S/c17-11-5-9(1-3-21)15(13(19)7-11)25(23,24)16-10(2-4-22)6-12(18)8-14(16)20/h5-8H,1-2H2. The Kier molecular flexibility index (Phi) is 6.86. The first-order valence-corrected chi connectivity index (χ1v) is 11.3. The highest BCUT2D eigenvalue weighted by Gasteiger charge is 2.29. The SMILES string of the molecule is N#CCc1cc(Br)cc(Br)c1S(=O)(=O)c1c(Br)cc(Br)cc1CC#N. The van der Waals surface area contributed by atoms with E-state index in [-0.39, 0.29) is 22.6 Å². The molecule has 25 heavy (non-hydrogen) atoms. The predicted octanol–water partition coefficient (Wildman–Crippen LogP) is 5.70. The molecule has 0 bridgehead atoms. The van der Waals surface area contributed by atoms with Crippen molar-refractivity contribution < 1.29 is 8.42 Å². The maximum atomic E-state index is 13.4. The average molecular weight is 612 g/mol. The number of benzene rings is 2. The molecule has 0 unspecified atom stereocenters. The fourth-order valence-corrected chi connectivity index (χ4v) is 8.06. The van der Waals surface area contributed by atoms with Gasteiger partial charge in [-0.2, -0.15) is 10.5 Å². The fourth-order valence-electron chi connectivity index (χ4n) is 2.36. The van der Waals surface area contributed by atoms with Crippen LogP contribution in [0.15, 0.2) is 51.9 Å². The Morgan fingerprint density at radius 1 is 0.760 bits per heavy atom. The van der Waals surface area contributed by atoms with Crippen LogP contribution >= 0.6 is 63.7 Å². The monoisotopic (exact) mass is 608 g/mol. The van der Waals surface area contributed by atoms with Crippen LogP contribution in [-0.4, -0.2) is 8.42 Å². The molecule has 128 valence electrons. The van der Waals surface area contributed by atoms with Crippen molar-refractivity contribution in [2.24, 2.45) is 0 Å². The second-order valence-electron chi connectivity index (χ2n) is 4.92. The third kappa shape index (κ3) is 4.35. The van der Waals surface area contributed by atoms with Gasteiger partial charge >= 0.3 is 0 Å². The zero-order valence-corrected chi connectivity index (χ0v) is 19.5. The van der Waals surface area contributed by atoms with Gasteiger partial charge < -0.3 is 0 Å². The first-order chi connectivity index (χ1) is 11.7. The van der Waals surface area contributed by atoms with Crippen LogP contribution in [0.2, 0.25) is 0 Å². The fraction of sp³-hybridized carbons (Fsp3) is 0.125. The van der Waals surface area contributed by atoms with E-state index in [2.05, 4.69) is 63.7 Å². The predicted molar refractivity (Wildman–Crippen MR) is 108 cm³/mol. The van der Waals surface area contributed by atoms with Gasteiger partial charge in [0.25, 0.3) is 0 Å². The van der Waals surface area contributed by atoms with Crippen LogP contribution in [0.25, 0.3) is 0 Å². The van der Waals surface area contributed by atoms with Gasteiger partial charge in [-0.25, -0.2) is 8.42 Å². The summed E-state index contributed by atoms with van der Waals surface area (Å²) in [4.78, 5) is 0.0546. The number of nitrogens with zero attached hydrogens (tertiary/aromatic N) is 2. The molecule has 0 spiro atoms. The van der Waals surface area contributed by atoms with E-state index in [1.54, 1.807) is 24.3 Å². The molecule has 0 radical (unpaired) electrons. The molecule has 0 heterocycles. The van der Waals surface area contributed by atoms with E-state index in [0.717, 1.165) is 0 Å². The summed E-state index contributed by atoms with van der Waals surface area (Å²) in [7, 11) is -3.98. The summed E-state index contributed by atoms with van der Waals surface area (Å²) in [5.74, 6) is 0. The summed E-state index contributed by atoms with van der Waals surface area (Å²) in [5.41, 5.74) is 0.753. The zero-order valence-electron chi connectivity index (χ0n) is 12.4. The smallest absolute Gasteiger partial charge is 0.209 e. The maximum Gasteiger partial charge on any atom is 0.209 e. The lowest BCUT2D eigenvalue weighted by Gasteiger charge is -2.16. The van der Waals surface area contributed by atoms with E-state index < -0.39 is 9.84 Å². The molecule has 0 aromatic heterocycles. The Morgan fingerprint density at radius 3 is 1.44 bits per heavy atom. The number of nitriles is 2. The lowest BCUT2D eigenvalue weighted by atomic mass is 10.2. The Balaban J connectivity index is 2.87. The van der Waals surface area contributed by atoms with Crippen molar-refractivity contribution >= 4 is 73.6 Å². The van der Waals surface area contributed by atoms with E-state index >= 15 is 0 Å².